The summed E-state index contributed by atoms with van der Waals surface area (Å²) in [5.74, 6) is 0. The second-order valence-electron chi connectivity index (χ2n) is 3.60. The van der Waals surface area contributed by atoms with Gasteiger partial charge in [0.1, 0.15) is 10.7 Å². The highest BCUT2D eigenvalue weighted by Crippen LogP contribution is 2.23. The molecule has 0 saturated heterocycles. The van der Waals surface area contributed by atoms with Crippen molar-refractivity contribution in [2.24, 2.45) is 5.73 Å². The minimum atomic E-state index is -0.715. The van der Waals surface area contributed by atoms with Crippen LogP contribution >= 0.6 is 0 Å². The highest BCUT2D eigenvalue weighted by atomic mass is 35.5. The Bertz CT molecular complexity index is 591. The maximum atomic E-state index is 8.90. The zero-order chi connectivity index (χ0) is 12.3. The van der Waals surface area contributed by atoms with Gasteiger partial charge in [-0.15, -0.1) is 0 Å². The van der Waals surface area contributed by atoms with Gasteiger partial charge in [-0.3, -0.25) is 0 Å². The summed E-state index contributed by atoms with van der Waals surface area (Å²) in [4.78, 5) is 6.17. The van der Waals surface area contributed by atoms with Gasteiger partial charge in [0.25, 0.3) is 0 Å². The summed E-state index contributed by atoms with van der Waals surface area (Å²) in [5, 5.41) is 8.77. The van der Waals surface area contributed by atoms with Crippen molar-refractivity contribution in [2.45, 2.75) is 6.04 Å². The second kappa shape index (κ2) is 5.78. The van der Waals surface area contributed by atoms with Crippen LogP contribution in [-0.4, -0.2) is 16.5 Å². The van der Waals surface area contributed by atoms with Crippen molar-refractivity contribution in [3.8, 4) is 0 Å². The molecule has 0 aliphatic heterocycles. The molecule has 0 bridgehead atoms. The van der Waals surface area contributed by atoms with Gasteiger partial charge in [0.2, 0.25) is 5.39 Å². The fraction of sp³-hybridized carbons (Fsp3) is 0.0833. The van der Waals surface area contributed by atoms with Crippen LogP contribution in [0.3, 0.4) is 0 Å². The van der Waals surface area contributed by atoms with Crippen LogP contribution < -0.4 is 18.1 Å². The molecule has 1 aromatic rings. The zero-order valence-electron chi connectivity index (χ0n) is 9.36. The Hall–Kier alpha value is -2.41. The third-order valence-corrected chi connectivity index (χ3v) is 2.61. The lowest BCUT2D eigenvalue weighted by Crippen LogP contribution is -3.00. The highest BCUT2D eigenvalue weighted by Gasteiger charge is 2.39. The van der Waals surface area contributed by atoms with Gasteiger partial charge < -0.3 is 23.7 Å². The van der Waals surface area contributed by atoms with E-state index in [2.05, 4.69) is 9.77 Å². The average molecular weight is 260 g/mol. The summed E-state index contributed by atoms with van der Waals surface area (Å²) in [6.07, 6.45) is 3.37. The molecule has 0 amide bonds. The molecule has 6 heteroatoms. The third-order valence-electron chi connectivity index (χ3n) is 2.61. The number of nitrogens with zero attached hydrogens (tertiary/aromatic N) is 4. The van der Waals surface area contributed by atoms with Crippen molar-refractivity contribution >= 4 is 11.3 Å². The first-order valence-electron chi connectivity index (χ1n) is 5.08. The number of hydrogen-bond donors (Lipinski definition) is 1. The number of hydrogen-bond acceptors (Lipinski definition) is 2. The Morgan fingerprint density at radius 3 is 2.44 bits per heavy atom. The van der Waals surface area contributed by atoms with Gasteiger partial charge >= 0.3 is 11.8 Å². The van der Waals surface area contributed by atoms with E-state index in [1.165, 1.54) is 0 Å². The predicted molar refractivity (Wildman–Crippen MR) is 64.2 cm³/mol. The molecule has 0 radical (unpaired) electrons. The summed E-state index contributed by atoms with van der Waals surface area (Å²) in [7, 11) is 0. The number of diazo groups is 1. The molecular weight excluding hydrogens is 250 g/mol. The molecule has 1 aliphatic carbocycles. The Labute approximate surface area is 110 Å². The fourth-order valence-electron chi connectivity index (χ4n) is 1.74. The monoisotopic (exact) mass is 259 g/mol. The Kier molecular flexibility index (Phi) is 4.39. The molecule has 90 valence electrons. The van der Waals surface area contributed by atoms with E-state index in [1.807, 2.05) is 30.3 Å². The van der Waals surface area contributed by atoms with E-state index < -0.39 is 6.04 Å². The van der Waals surface area contributed by atoms with Crippen molar-refractivity contribution < 1.29 is 17.2 Å². The van der Waals surface area contributed by atoms with Gasteiger partial charge in [0.15, 0.2) is 0 Å². The van der Waals surface area contributed by atoms with E-state index in [0.29, 0.717) is 5.70 Å². The molecule has 0 aromatic heterocycles. The minimum absolute atomic E-state index is 0. The van der Waals surface area contributed by atoms with Crippen molar-refractivity contribution in [3.63, 3.8) is 0 Å². The van der Waals surface area contributed by atoms with Crippen LogP contribution in [0.1, 0.15) is 5.56 Å². The third kappa shape index (κ3) is 2.30. The lowest BCUT2D eigenvalue weighted by atomic mass is 9.93. The van der Waals surface area contributed by atoms with Crippen LogP contribution in [-0.2, 0) is 0 Å². The Balaban J connectivity index is 0.00000162. The maximum absolute atomic E-state index is 8.90. The van der Waals surface area contributed by atoms with Gasteiger partial charge in [-0.25, -0.2) is 0 Å². The quantitative estimate of drug-likeness (QED) is 0.391. The summed E-state index contributed by atoms with van der Waals surface area (Å²) < 4.78 is 0. The smallest absolute Gasteiger partial charge is 0.432 e. The molecule has 0 spiro atoms. The number of rotatable bonds is 1. The van der Waals surface area contributed by atoms with Crippen LogP contribution in [0.25, 0.3) is 16.1 Å². The summed E-state index contributed by atoms with van der Waals surface area (Å²) >= 11 is 0. The van der Waals surface area contributed by atoms with E-state index in [9.17, 15) is 0 Å². The van der Waals surface area contributed by atoms with E-state index in [4.69, 9.17) is 16.7 Å². The van der Waals surface area contributed by atoms with Gasteiger partial charge in [-0.2, -0.15) is 4.79 Å². The van der Waals surface area contributed by atoms with E-state index in [-0.39, 0.29) is 18.1 Å². The highest BCUT2D eigenvalue weighted by molar-refractivity contribution is 6.10. The van der Waals surface area contributed by atoms with E-state index in [0.717, 1.165) is 11.1 Å². The zero-order valence-corrected chi connectivity index (χ0v) is 10.1. The summed E-state index contributed by atoms with van der Waals surface area (Å²) in [5.41, 5.74) is 16.9. The van der Waals surface area contributed by atoms with Crippen molar-refractivity contribution in [3.05, 3.63) is 64.3 Å². The first-order chi connectivity index (χ1) is 8.27. The van der Waals surface area contributed by atoms with Crippen molar-refractivity contribution in [2.75, 3.05) is 0 Å². The van der Waals surface area contributed by atoms with Crippen LogP contribution in [0.5, 0.6) is 0 Å². The van der Waals surface area contributed by atoms with Crippen LogP contribution in [0.4, 0.5) is 0 Å². The number of halogens is 1. The first-order valence-corrected chi connectivity index (χ1v) is 5.08. The Morgan fingerprint density at radius 2 is 1.89 bits per heavy atom. The molecule has 1 aromatic carbocycles. The molecule has 18 heavy (non-hydrogen) atoms. The lowest BCUT2D eigenvalue weighted by molar-refractivity contribution is -0.00704. The average Bonchev–Trinajstić information content (AvgIpc) is 2.39. The molecule has 1 unspecified atom stereocenters. The number of nitrogens with two attached hydrogens (primary N) is 1. The summed E-state index contributed by atoms with van der Waals surface area (Å²) in [6.45, 7) is 0. The molecular formula is C12H10ClN5. The molecule has 5 nitrogen and oxygen atoms in total. The lowest BCUT2D eigenvalue weighted by Gasteiger charge is -2.08. The topological polar surface area (TPSA) is 90.6 Å². The largest absolute Gasteiger partial charge is 1.00 e. The second-order valence-corrected chi connectivity index (χ2v) is 3.60. The van der Waals surface area contributed by atoms with Crippen LogP contribution in [0.15, 0.2) is 48.2 Å². The SMILES string of the molecule is N#[N+]C1C=CC(c2ccccc2)=C(N)C1=[N+]=[N-].[Cl-]. The summed E-state index contributed by atoms with van der Waals surface area (Å²) in [6, 6.07) is 8.77. The molecule has 0 saturated carbocycles. The van der Waals surface area contributed by atoms with Crippen molar-refractivity contribution in [1.29, 1.82) is 5.39 Å². The van der Waals surface area contributed by atoms with Crippen LogP contribution in [0, 0.1) is 5.39 Å². The fourth-order valence-corrected chi connectivity index (χ4v) is 1.74. The molecule has 2 rings (SSSR count). The molecule has 0 fully saturated rings. The van der Waals surface area contributed by atoms with Crippen molar-refractivity contribution in [1.82, 2.24) is 0 Å². The molecule has 2 N–H and O–H groups in total. The van der Waals surface area contributed by atoms with E-state index in [1.54, 1.807) is 12.2 Å². The molecule has 1 aliphatic rings. The first kappa shape index (κ1) is 13.7. The van der Waals surface area contributed by atoms with Crippen LogP contribution in [0.2, 0.25) is 0 Å². The van der Waals surface area contributed by atoms with Gasteiger partial charge in [-0.05, 0) is 11.6 Å². The minimum Gasteiger partial charge on any atom is -1.00 e. The van der Waals surface area contributed by atoms with Gasteiger partial charge in [0.05, 0.1) is 0 Å². The Morgan fingerprint density at radius 1 is 1.22 bits per heavy atom. The molecule has 1 atom stereocenters. The van der Waals surface area contributed by atoms with E-state index >= 15 is 0 Å². The predicted octanol–water partition coefficient (Wildman–Crippen LogP) is -1.18. The number of benzene rings is 1. The van der Waals surface area contributed by atoms with Gasteiger partial charge in [-0.1, -0.05) is 30.3 Å². The number of allylic oxidation sites excluding steroid dienone is 2. The molecule has 0 heterocycles. The van der Waals surface area contributed by atoms with Gasteiger partial charge in [0, 0.05) is 11.6 Å². The standard InChI is InChI=1S/C12H10N5.ClH/c13-11-9(8-4-2-1-3-5-8)6-7-10(16-14)12(11)17-15;/h1-7,10H,13H2;1H/q+1;/p-1. The maximum Gasteiger partial charge on any atom is 0.432 e. The normalized spacial score (nSPS) is 17.7.